The molecule has 3 aromatic carbocycles. The molecule has 4 rings (SSSR count). The van der Waals surface area contributed by atoms with Crippen molar-refractivity contribution < 1.29 is 28.2 Å². The first-order chi connectivity index (χ1) is 18.7. The highest BCUT2D eigenvalue weighted by Gasteiger charge is 2.34. The summed E-state index contributed by atoms with van der Waals surface area (Å²) in [5, 5.41) is 12.3. The highest BCUT2D eigenvalue weighted by atomic mass is 35.5. The molecule has 0 atom stereocenters. The SMILES string of the molecule is CCOc1cc(CN2CCC(F)(CNc3ccc(C(=O)O)c(Cl)c3)CC2)cc(OCC)c1-c1ccc(F)cc1. The Balaban J connectivity index is 1.43. The number of anilines is 1. The number of alkyl halides is 1. The van der Waals surface area contributed by atoms with Crippen molar-refractivity contribution >= 4 is 23.3 Å². The number of rotatable bonds is 11. The molecule has 208 valence electrons. The van der Waals surface area contributed by atoms with Gasteiger partial charge in [0.25, 0.3) is 0 Å². The number of piperidine rings is 1. The van der Waals surface area contributed by atoms with E-state index in [1.165, 1.54) is 24.3 Å². The maximum Gasteiger partial charge on any atom is 0.337 e. The molecule has 1 aliphatic heterocycles. The first kappa shape index (κ1) is 28.6. The van der Waals surface area contributed by atoms with Crippen LogP contribution in [0.5, 0.6) is 11.5 Å². The number of carboxylic acid groups (broad SMARTS) is 1. The molecule has 0 aliphatic carbocycles. The van der Waals surface area contributed by atoms with Gasteiger partial charge in [0.05, 0.1) is 29.4 Å². The summed E-state index contributed by atoms with van der Waals surface area (Å²) in [4.78, 5) is 13.4. The van der Waals surface area contributed by atoms with Gasteiger partial charge in [0.15, 0.2) is 0 Å². The molecule has 0 radical (unpaired) electrons. The van der Waals surface area contributed by atoms with Crippen LogP contribution in [-0.2, 0) is 6.54 Å². The summed E-state index contributed by atoms with van der Waals surface area (Å²) in [5.74, 6) is -0.0829. The fourth-order valence-corrected chi connectivity index (χ4v) is 5.04. The molecule has 0 unspecified atom stereocenters. The monoisotopic (exact) mass is 558 g/mol. The second-order valence-corrected chi connectivity index (χ2v) is 10.0. The Morgan fingerprint density at radius 2 is 1.64 bits per heavy atom. The van der Waals surface area contributed by atoms with Crippen molar-refractivity contribution in [2.75, 3.05) is 38.2 Å². The van der Waals surface area contributed by atoms with E-state index in [-0.39, 0.29) is 22.9 Å². The second kappa shape index (κ2) is 12.7. The van der Waals surface area contributed by atoms with E-state index >= 15 is 4.39 Å². The molecule has 1 saturated heterocycles. The summed E-state index contributed by atoms with van der Waals surface area (Å²) in [6, 6.07) is 14.7. The third kappa shape index (κ3) is 7.19. The average molecular weight is 559 g/mol. The van der Waals surface area contributed by atoms with E-state index < -0.39 is 11.6 Å². The highest BCUT2D eigenvalue weighted by Crippen LogP contribution is 2.41. The molecule has 1 heterocycles. The molecule has 1 fully saturated rings. The van der Waals surface area contributed by atoms with E-state index in [4.69, 9.17) is 26.2 Å². The van der Waals surface area contributed by atoms with Gasteiger partial charge in [-0.25, -0.2) is 13.6 Å². The third-order valence-corrected chi connectivity index (χ3v) is 7.14. The lowest BCUT2D eigenvalue weighted by Crippen LogP contribution is -2.45. The Labute approximate surface area is 232 Å². The van der Waals surface area contributed by atoms with Crippen LogP contribution >= 0.6 is 11.6 Å². The smallest absolute Gasteiger partial charge is 0.337 e. The zero-order chi connectivity index (χ0) is 28.0. The molecule has 0 spiro atoms. The fourth-order valence-electron chi connectivity index (χ4n) is 4.78. The standard InChI is InChI=1S/C30H33ClF2N2O4/c1-3-38-26-15-20(16-27(39-4-2)28(26)21-5-7-22(32)8-6-21)18-35-13-11-30(33,12-14-35)19-34-23-9-10-24(29(36)37)25(31)17-23/h5-10,15-17,34H,3-4,11-14,18-19H2,1-2H3,(H,36,37). The normalized spacial score (nSPS) is 15.1. The predicted molar refractivity (Wildman–Crippen MR) is 149 cm³/mol. The van der Waals surface area contributed by atoms with Gasteiger partial charge in [-0.1, -0.05) is 23.7 Å². The third-order valence-electron chi connectivity index (χ3n) is 6.83. The van der Waals surface area contributed by atoms with Crippen molar-refractivity contribution in [3.8, 4) is 22.6 Å². The number of nitrogens with zero attached hydrogens (tertiary/aromatic N) is 1. The number of carbonyl (C=O) groups is 1. The second-order valence-electron chi connectivity index (χ2n) is 9.62. The maximum atomic E-state index is 15.6. The number of benzene rings is 3. The van der Waals surface area contributed by atoms with Gasteiger partial charge in [-0.3, -0.25) is 4.90 Å². The van der Waals surface area contributed by atoms with E-state index in [1.807, 2.05) is 26.0 Å². The highest BCUT2D eigenvalue weighted by molar-refractivity contribution is 6.33. The van der Waals surface area contributed by atoms with Crippen LogP contribution in [0.4, 0.5) is 14.5 Å². The lowest BCUT2D eigenvalue weighted by molar-refractivity contribution is 0.0653. The zero-order valence-electron chi connectivity index (χ0n) is 22.1. The first-order valence-electron chi connectivity index (χ1n) is 13.1. The van der Waals surface area contributed by atoms with Crippen LogP contribution in [0.15, 0.2) is 54.6 Å². The number of hydrogen-bond donors (Lipinski definition) is 2. The van der Waals surface area contributed by atoms with Gasteiger partial charge in [0.1, 0.15) is 23.0 Å². The van der Waals surface area contributed by atoms with Crippen molar-refractivity contribution in [2.45, 2.75) is 38.9 Å². The number of likely N-dealkylation sites (tertiary alicyclic amines) is 1. The summed E-state index contributed by atoms with van der Waals surface area (Å²) >= 11 is 6.04. The zero-order valence-corrected chi connectivity index (χ0v) is 22.9. The van der Waals surface area contributed by atoms with Crippen LogP contribution in [0.1, 0.15) is 42.6 Å². The topological polar surface area (TPSA) is 71.0 Å². The van der Waals surface area contributed by atoms with E-state index in [0.29, 0.717) is 62.9 Å². The number of halogens is 3. The number of hydrogen-bond acceptors (Lipinski definition) is 5. The molecule has 0 amide bonds. The molecule has 0 bridgehead atoms. The predicted octanol–water partition coefficient (Wildman–Crippen LogP) is 7.06. The molecule has 1 aliphatic rings. The molecule has 39 heavy (non-hydrogen) atoms. The van der Waals surface area contributed by atoms with Gasteiger partial charge in [-0.15, -0.1) is 0 Å². The molecule has 0 saturated carbocycles. The van der Waals surface area contributed by atoms with Gasteiger partial charge in [-0.2, -0.15) is 0 Å². The average Bonchev–Trinajstić information content (AvgIpc) is 2.90. The van der Waals surface area contributed by atoms with Crippen LogP contribution in [-0.4, -0.2) is 54.5 Å². The van der Waals surface area contributed by atoms with Gasteiger partial charge >= 0.3 is 5.97 Å². The van der Waals surface area contributed by atoms with Crippen molar-refractivity contribution in [2.24, 2.45) is 0 Å². The summed E-state index contributed by atoms with van der Waals surface area (Å²) in [6.07, 6.45) is 0.705. The number of ether oxygens (including phenoxy) is 2. The van der Waals surface area contributed by atoms with Crippen molar-refractivity contribution in [3.63, 3.8) is 0 Å². The number of carboxylic acids is 1. The number of nitrogens with one attached hydrogen (secondary N) is 1. The van der Waals surface area contributed by atoms with E-state index in [0.717, 1.165) is 16.7 Å². The Kier molecular flexibility index (Phi) is 9.30. The molecular weight excluding hydrogens is 526 g/mol. The van der Waals surface area contributed by atoms with Crippen molar-refractivity contribution in [3.05, 3.63) is 76.6 Å². The summed E-state index contributed by atoms with van der Waals surface area (Å²) in [5.41, 5.74) is 1.78. The van der Waals surface area contributed by atoms with E-state index in [9.17, 15) is 9.18 Å². The fraction of sp³-hybridized carbons (Fsp3) is 0.367. The molecule has 6 nitrogen and oxygen atoms in total. The maximum absolute atomic E-state index is 15.6. The summed E-state index contributed by atoms with van der Waals surface area (Å²) in [7, 11) is 0. The van der Waals surface area contributed by atoms with Gasteiger partial charge < -0.3 is 19.9 Å². The van der Waals surface area contributed by atoms with Gasteiger partial charge in [0.2, 0.25) is 0 Å². The minimum absolute atomic E-state index is 0.0103. The first-order valence-corrected chi connectivity index (χ1v) is 13.5. The number of aromatic carboxylic acids is 1. The summed E-state index contributed by atoms with van der Waals surface area (Å²) in [6.45, 7) is 6.63. The summed E-state index contributed by atoms with van der Waals surface area (Å²) < 4.78 is 41.1. The molecule has 0 aromatic heterocycles. The van der Waals surface area contributed by atoms with E-state index in [2.05, 4.69) is 10.2 Å². The van der Waals surface area contributed by atoms with Crippen LogP contribution < -0.4 is 14.8 Å². The lowest BCUT2D eigenvalue weighted by atomic mass is 9.92. The minimum atomic E-state index is -1.39. The van der Waals surface area contributed by atoms with Gasteiger partial charge in [0, 0.05) is 31.9 Å². The van der Waals surface area contributed by atoms with Crippen LogP contribution in [0.2, 0.25) is 5.02 Å². The van der Waals surface area contributed by atoms with Crippen molar-refractivity contribution in [1.82, 2.24) is 4.90 Å². The molecular formula is C30H33ClF2N2O4. The molecule has 3 aromatic rings. The quantitative estimate of drug-likeness (QED) is 0.262. The Hall–Kier alpha value is -3.36. The largest absolute Gasteiger partial charge is 0.493 e. The van der Waals surface area contributed by atoms with Gasteiger partial charge in [-0.05, 0) is 80.3 Å². The minimum Gasteiger partial charge on any atom is -0.493 e. The Bertz CT molecular complexity index is 1270. The van der Waals surface area contributed by atoms with Crippen LogP contribution in [0.3, 0.4) is 0 Å². The van der Waals surface area contributed by atoms with Crippen molar-refractivity contribution in [1.29, 1.82) is 0 Å². The van der Waals surface area contributed by atoms with E-state index in [1.54, 1.807) is 18.2 Å². The Morgan fingerprint density at radius 1 is 1.03 bits per heavy atom. The Morgan fingerprint density at radius 3 is 2.18 bits per heavy atom. The molecule has 9 heteroatoms. The molecule has 2 N–H and O–H groups in total. The van der Waals surface area contributed by atoms with Crippen LogP contribution in [0.25, 0.3) is 11.1 Å². The lowest BCUT2D eigenvalue weighted by Gasteiger charge is -2.36. The van der Waals surface area contributed by atoms with Crippen LogP contribution in [0, 0.1) is 5.82 Å².